The second-order valence-electron chi connectivity index (χ2n) is 4.12. The Kier molecular flexibility index (Phi) is 3.94. The standard InChI is InChI=1S/C12H13NO5S/c1-7(14)18-4-2-3-8-6-19-10-5-9(15)13(10)11(8)12(16)17/h2-3,10H,4-6H2,1H3,(H,16,17)/b3-2-/t10-/m1/s1. The number of amides is 1. The monoisotopic (exact) mass is 283 g/mol. The maximum atomic E-state index is 11.5. The van der Waals surface area contributed by atoms with Crippen molar-refractivity contribution in [2.24, 2.45) is 0 Å². The zero-order valence-electron chi connectivity index (χ0n) is 10.3. The van der Waals surface area contributed by atoms with Crippen molar-refractivity contribution in [2.75, 3.05) is 12.4 Å². The molecule has 1 saturated heterocycles. The number of carboxylic acid groups (broad SMARTS) is 1. The summed E-state index contributed by atoms with van der Waals surface area (Å²) in [5.41, 5.74) is 0.605. The lowest BCUT2D eigenvalue weighted by Crippen LogP contribution is -2.53. The van der Waals surface area contributed by atoms with Gasteiger partial charge in [0.15, 0.2) is 0 Å². The van der Waals surface area contributed by atoms with Crippen molar-refractivity contribution >= 4 is 29.6 Å². The Balaban J connectivity index is 2.15. The van der Waals surface area contributed by atoms with Crippen molar-refractivity contribution < 1.29 is 24.2 Å². The first kappa shape index (κ1) is 13.7. The molecule has 1 N–H and O–H groups in total. The molecular formula is C12H13NO5S. The van der Waals surface area contributed by atoms with E-state index in [1.165, 1.54) is 23.6 Å². The number of carbonyl (C=O) groups excluding carboxylic acids is 2. The molecule has 1 atom stereocenters. The summed E-state index contributed by atoms with van der Waals surface area (Å²) in [6.45, 7) is 1.39. The molecule has 2 aliphatic heterocycles. The maximum absolute atomic E-state index is 11.5. The van der Waals surface area contributed by atoms with Gasteiger partial charge in [-0.3, -0.25) is 14.5 Å². The van der Waals surface area contributed by atoms with Crippen molar-refractivity contribution in [2.45, 2.75) is 18.7 Å². The zero-order valence-corrected chi connectivity index (χ0v) is 11.1. The summed E-state index contributed by atoms with van der Waals surface area (Å²) in [7, 11) is 0. The lowest BCUT2D eigenvalue weighted by Gasteiger charge is -2.43. The highest BCUT2D eigenvalue weighted by molar-refractivity contribution is 8.00. The molecule has 19 heavy (non-hydrogen) atoms. The SMILES string of the molecule is CC(=O)OC/C=C\C1=C(C(=O)O)N2C(=O)C[C@H]2SC1. The number of carbonyl (C=O) groups is 3. The molecule has 2 heterocycles. The second kappa shape index (κ2) is 5.48. The minimum absolute atomic E-state index is 0.0408. The predicted molar refractivity (Wildman–Crippen MR) is 68.1 cm³/mol. The van der Waals surface area contributed by atoms with Crippen molar-refractivity contribution in [3.63, 3.8) is 0 Å². The quantitative estimate of drug-likeness (QED) is 0.605. The number of ether oxygens (including phenoxy) is 1. The molecule has 0 bridgehead atoms. The van der Waals surface area contributed by atoms with Gasteiger partial charge in [0.25, 0.3) is 0 Å². The van der Waals surface area contributed by atoms with E-state index in [0.29, 0.717) is 17.7 Å². The molecule has 2 rings (SSSR count). The van der Waals surface area contributed by atoms with Crippen LogP contribution >= 0.6 is 11.8 Å². The number of nitrogens with zero attached hydrogens (tertiary/aromatic N) is 1. The fourth-order valence-corrected chi connectivity index (χ4v) is 3.16. The van der Waals surface area contributed by atoms with Crippen LogP contribution in [0.3, 0.4) is 0 Å². The van der Waals surface area contributed by atoms with Gasteiger partial charge in [0.05, 0.1) is 11.8 Å². The Morgan fingerprint density at radius 3 is 2.89 bits per heavy atom. The van der Waals surface area contributed by atoms with Crippen LogP contribution in [0.1, 0.15) is 13.3 Å². The van der Waals surface area contributed by atoms with Crippen LogP contribution in [-0.2, 0) is 19.1 Å². The highest BCUT2D eigenvalue weighted by atomic mass is 32.2. The van der Waals surface area contributed by atoms with Gasteiger partial charge in [0.2, 0.25) is 5.91 Å². The van der Waals surface area contributed by atoms with Gasteiger partial charge < -0.3 is 9.84 Å². The molecule has 6 nitrogen and oxygen atoms in total. The van der Waals surface area contributed by atoms with E-state index in [2.05, 4.69) is 0 Å². The van der Waals surface area contributed by atoms with Gasteiger partial charge in [0, 0.05) is 12.7 Å². The summed E-state index contributed by atoms with van der Waals surface area (Å²) in [5.74, 6) is -1.13. The molecule has 0 aromatic heterocycles. The molecule has 0 unspecified atom stereocenters. The Bertz CT molecular complexity index is 496. The molecule has 0 aromatic carbocycles. The smallest absolute Gasteiger partial charge is 0.352 e. The van der Waals surface area contributed by atoms with Crippen molar-refractivity contribution in [1.29, 1.82) is 0 Å². The highest BCUT2D eigenvalue weighted by Crippen LogP contribution is 2.40. The predicted octanol–water partition coefficient (Wildman–Crippen LogP) is 0.750. The number of hydrogen-bond acceptors (Lipinski definition) is 5. The van der Waals surface area contributed by atoms with E-state index in [-0.39, 0.29) is 23.6 Å². The highest BCUT2D eigenvalue weighted by Gasteiger charge is 2.44. The van der Waals surface area contributed by atoms with Crippen LogP contribution in [0.2, 0.25) is 0 Å². The third kappa shape index (κ3) is 2.81. The Morgan fingerprint density at radius 1 is 1.58 bits per heavy atom. The van der Waals surface area contributed by atoms with Crippen LogP contribution in [0.4, 0.5) is 0 Å². The summed E-state index contributed by atoms with van der Waals surface area (Å²) in [6.07, 6.45) is 3.57. The van der Waals surface area contributed by atoms with Gasteiger partial charge in [-0.1, -0.05) is 6.08 Å². The van der Waals surface area contributed by atoms with Crippen LogP contribution in [0.5, 0.6) is 0 Å². The number of carboxylic acids is 1. The molecule has 102 valence electrons. The number of hydrogen-bond donors (Lipinski definition) is 1. The Hall–Kier alpha value is -1.76. The summed E-state index contributed by atoms with van der Waals surface area (Å²) in [5, 5.41) is 9.16. The molecule has 1 fully saturated rings. The molecule has 1 amide bonds. The van der Waals surface area contributed by atoms with Gasteiger partial charge in [-0.25, -0.2) is 4.79 Å². The van der Waals surface area contributed by atoms with Crippen LogP contribution in [0, 0.1) is 0 Å². The summed E-state index contributed by atoms with van der Waals surface area (Å²) >= 11 is 1.54. The van der Waals surface area contributed by atoms with E-state index in [0.717, 1.165) is 0 Å². The minimum atomic E-state index is -1.11. The van der Waals surface area contributed by atoms with Crippen molar-refractivity contribution in [1.82, 2.24) is 4.90 Å². The zero-order chi connectivity index (χ0) is 14.0. The molecule has 0 saturated carbocycles. The maximum Gasteiger partial charge on any atom is 0.352 e. The summed E-state index contributed by atoms with van der Waals surface area (Å²) < 4.78 is 4.73. The second-order valence-corrected chi connectivity index (χ2v) is 5.28. The molecule has 0 spiro atoms. The average molecular weight is 283 g/mol. The fourth-order valence-electron chi connectivity index (χ4n) is 1.92. The van der Waals surface area contributed by atoms with E-state index in [1.807, 2.05) is 0 Å². The third-order valence-corrected chi connectivity index (χ3v) is 4.03. The van der Waals surface area contributed by atoms with E-state index < -0.39 is 11.9 Å². The lowest BCUT2D eigenvalue weighted by atomic mass is 10.1. The van der Waals surface area contributed by atoms with E-state index in [1.54, 1.807) is 12.2 Å². The van der Waals surface area contributed by atoms with Crippen LogP contribution in [0.15, 0.2) is 23.4 Å². The van der Waals surface area contributed by atoms with Gasteiger partial charge in [-0.2, -0.15) is 0 Å². The third-order valence-electron chi connectivity index (χ3n) is 2.79. The van der Waals surface area contributed by atoms with Gasteiger partial charge >= 0.3 is 11.9 Å². The number of thioether (sulfide) groups is 1. The van der Waals surface area contributed by atoms with Crippen LogP contribution < -0.4 is 0 Å². The van der Waals surface area contributed by atoms with Gasteiger partial charge in [0.1, 0.15) is 12.3 Å². The largest absolute Gasteiger partial charge is 0.477 e. The number of fused-ring (bicyclic) bond motifs is 1. The number of rotatable bonds is 4. The first-order chi connectivity index (χ1) is 9.00. The van der Waals surface area contributed by atoms with Crippen LogP contribution in [-0.4, -0.2) is 45.6 Å². The number of β-lactam (4-membered cyclic amide) rings is 1. The van der Waals surface area contributed by atoms with E-state index >= 15 is 0 Å². The lowest BCUT2D eigenvalue weighted by molar-refractivity contribution is -0.146. The normalized spacial score (nSPS) is 22.3. The van der Waals surface area contributed by atoms with Gasteiger partial charge in [-0.05, 0) is 11.6 Å². The number of allylic oxidation sites excluding steroid dienone is 1. The van der Waals surface area contributed by atoms with E-state index in [9.17, 15) is 19.5 Å². The number of aliphatic carboxylic acids is 1. The molecular weight excluding hydrogens is 270 g/mol. The number of esters is 1. The minimum Gasteiger partial charge on any atom is -0.477 e. The van der Waals surface area contributed by atoms with Gasteiger partial charge in [-0.15, -0.1) is 11.8 Å². The summed E-state index contributed by atoms with van der Waals surface area (Å²) in [4.78, 5) is 34.6. The molecule has 2 aliphatic rings. The molecule has 0 aromatic rings. The Labute approximate surface area is 114 Å². The Morgan fingerprint density at radius 2 is 2.32 bits per heavy atom. The molecule has 0 radical (unpaired) electrons. The van der Waals surface area contributed by atoms with Crippen LogP contribution in [0.25, 0.3) is 0 Å². The summed E-state index contributed by atoms with van der Waals surface area (Å²) in [6, 6.07) is 0. The molecule has 7 heteroatoms. The molecule has 0 aliphatic carbocycles. The van der Waals surface area contributed by atoms with E-state index in [4.69, 9.17) is 4.74 Å². The first-order valence-corrected chi connectivity index (χ1v) is 6.75. The topological polar surface area (TPSA) is 83.9 Å². The average Bonchev–Trinajstić information content (AvgIpc) is 2.33. The fraction of sp³-hybridized carbons (Fsp3) is 0.417. The first-order valence-electron chi connectivity index (χ1n) is 5.70. The van der Waals surface area contributed by atoms with Crippen molar-refractivity contribution in [3.05, 3.63) is 23.4 Å². The van der Waals surface area contributed by atoms with Crippen molar-refractivity contribution in [3.8, 4) is 0 Å².